The third-order valence-electron chi connectivity index (χ3n) is 5.16. The maximum atomic E-state index is 12.4. The van der Waals surface area contributed by atoms with Crippen LogP contribution >= 0.6 is 8.17 Å². The van der Waals surface area contributed by atoms with Gasteiger partial charge in [-0.3, -0.25) is 18.9 Å². The summed E-state index contributed by atoms with van der Waals surface area (Å²) >= 11 is 0. The Labute approximate surface area is 215 Å². The van der Waals surface area contributed by atoms with Gasteiger partial charge in [-0.1, -0.05) is 22.0 Å². The zero-order valence-corrected chi connectivity index (χ0v) is 21.3. The van der Waals surface area contributed by atoms with Gasteiger partial charge in [0.05, 0.1) is 6.10 Å². The third kappa shape index (κ3) is 6.55. The summed E-state index contributed by atoms with van der Waals surface area (Å²) in [5.41, 5.74) is 5.24. The van der Waals surface area contributed by atoms with Crippen molar-refractivity contribution in [2.45, 2.75) is 57.1 Å². The quantitative estimate of drug-likeness (QED) is 0.121. The molecular formula is C21H25N6O10P. The highest BCUT2D eigenvalue weighted by Gasteiger charge is 2.56. The zero-order chi connectivity index (χ0) is 28.0. The first-order chi connectivity index (χ1) is 18.0. The summed E-state index contributed by atoms with van der Waals surface area (Å²) in [5.74, 6) is -0.792. The number of hydrogen-bond donors (Lipinski definition) is 3. The van der Waals surface area contributed by atoms with Crippen LogP contribution in [0.15, 0.2) is 56.0 Å². The van der Waals surface area contributed by atoms with Crippen molar-refractivity contribution in [3.05, 3.63) is 67.8 Å². The van der Waals surface area contributed by atoms with Crippen LogP contribution in [0, 0.1) is 0 Å². The number of aromatic amines is 1. The summed E-state index contributed by atoms with van der Waals surface area (Å²) in [6.07, 6.45) is -4.52. The van der Waals surface area contributed by atoms with Gasteiger partial charge in [0.2, 0.25) is 11.5 Å². The Bertz CT molecular complexity index is 1360. The topological polar surface area (TPSA) is 233 Å². The SMILES string of the molecule is CC(C)OC(=O)[C@H](C)N=[P+]([O-])Oc1ccccc1OC[C@@]1(N=[N+]=[N-])O[C@@H](n2ccc(=O)[nH]c2=O)[C@H](O)[C@@H]1O. The lowest BCUT2D eigenvalue weighted by Crippen LogP contribution is -2.46. The van der Waals surface area contributed by atoms with Crippen molar-refractivity contribution in [2.24, 2.45) is 9.86 Å². The van der Waals surface area contributed by atoms with Gasteiger partial charge in [-0.25, -0.2) is 9.59 Å². The van der Waals surface area contributed by atoms with Gasteiger partial charge in [0.1, 0.15) is 18.8 Å². The average molecular weight is 552 g/mol. The van der Waals surface area contributed by atoms with E-state index in [4.69, 9.17) is 24.3 Å². The molecule has 2 heterocycles. The van der Waals surface area contributed by atoms with Crippen molar-refractivity contribution in [3.63, 3.8) is 0 Å². The Kier molecular flexibility index (Phi) is 9.22. The van der Waals surface area contributed by atoms with E-state index in [-0.39, 0.29) is 17.6 Å². The lowest BCUT2D eigenvalue weighted by molar-refractivity contribution is -0.170. The Morgan fingerprint density at radius 1 is 1.29 bits per heavy atom. The number of nitrogens with one attached hydrogen (secondary N) is 1. The first kappa shape index (κ1) is 28.8. The fourth-order valence-corrected chi connectivity index (χ4v) is 4.12. The van der Waals surface area contributed by atoms with Crippen LogP contribution in [0.1, 0.15) is 27.0 Å². The maximum absolute atomic E-state index is 12.4. The molecule has 1 aliphatic rings. The normalized spacial score (nSPS) is 24.0. The molecular weight excluding hydrogens is 527 g/mol. The fourth-order valence-electron chi connectivity index (χ4n) is 3.38. The average Bonchev–Trinajstić information content (AvgIpc) is 3.08. The number of ether oxygens (including phenoxy) is 3. The van der Waals surface area contributed by atoms with E-state index in [1.807, 2.05) is 4.98 Å². The predicted molar refractivity (Wildman–Crippen MR) is 128 cm³/mol. The molecule has 2 aromatic rings. The number of carbonyl (C=O) groups excluding carboxylic acids is 1. The molecule has 1 unspecified atom stereocenters. The molecule has 204 valence electrons. The molecule has 0 aliphatic carbocycles. The van der Waals surface area contributed by atoms with Crippen LogP contribution in [0.25, 0.3) is 10.4 Å². The van der Waals surface area contributed by atoms with E-state index < -0.39 is 62.2 Å². The molecule has 0 radical (unpaired) electrons. The first-order valence-corrected chi connectivity index (χ1v) is 12.3. The first-order valence-electron chi connectivity index (χ1n) is 11.2. The van der Waals surface area contributed by atoms with E-state index in [1.165, 1.54) is 25.1 Å². The molecule has 3 rings (SSSR count). The van der Waals surface area contributed by atoms with Crippen LogP contribution < -0.4 is 25.4 Å². The van der Waals surface area contributed by atoms with Crippen molar-refractivity contribution in [1.29, 1.82) is 0 Å². The Hall–Kier alpha value is -3.78. The predicted octanol–water partition coefficient (Wildman–Crippen LogP) is 0.447. The molecule has 1 aliphatic heterocycles. The monoisotopic (exact) mass is 552 g/mol. The van der Waals surface area contributed by atoms with E-state index in [2.05, 4.69) is 14.8 Å². The van der Waals surface area contributed by atoms with E-state index in [1.54, 1.807) is 19.9 Å². The Morgan fingerprint density at radius 2 is 1.97 bits per heavy atom. The van der Waals surface area contributed by atoms with Crippen molar-refractivity contribution in [2.75, 3.05) is 6.61 Å². The number of benzene rings is 1. The lowest BCUT2D eigenvalue weighted by atomic mass is 10.1. The number of H-pyrrole nitrogens is 1. The maximum Gasteiger partial charge on any atom is 0.395 e. The van der Waals surface area contributed by atoms with Gasteiger partial charge < -0.3 is 29.3 Å². The summed E-state index contributed by atoms with van der Waals surface area (Å²) < 4.78 is 26.1. The number of nitrogens with zero attached hydrogens (tertiary/aromatic N) is 5. The molecule has 0 saturated carbocycles. The molecule has 3 N–H and O–H groups in total. The summed E-state index contributed by atoms with van der Waals surface area (Å²) in [5, 5.41) is 24.7. The Morgan fingerprint density at radius 3 is 2.61 bits per heavy atom. The molecule has 16 nitrogen and oxygen atoms in total. The van der Waals surface area contributed by atoms with Gasteiger partial charge >= 0.3 is 19.8 Å². The minimum Gasteiger partial charge on any atom is -0.575 e. The molecule has 1 aromatic heterocycles. The highest BCUT2D eigenvalue weighted by Crippen LogP contribution is 2.40. The van der Waals surface area contributed by atoms with E-state index in [0.717, 1.165) is 16.8 Å². The minimum atomic E-state index is -2.75. The van der Waals surface area contributed by atoms with Crippen LogP contribution in [0.5, 0.6) is 11.5 Å². The van der Waals surface area contributed by atoms with Crippen molar-refractivity contribution >= 4 is 14.1 Å². The number of aromatic nitrogens is 2. The standard InChI is InChI=1S/C21H25N6O10P/c1-11(2)35-19(31)12(3)24-38(33)37-14-7-5-4-6-13(14)34-10-21(25-26-22)17(30)16(29)18(36-21)27-9-8-15(28)23-20(27)32/h4-9,11-12,16-18,29-30H,10H2,1-3H3,(H,23,28,32)/t12-,16+,17-,18+,21+/m0/s1. The molecule has 0 spiro atoms. The molecule has 0 bridgehead atoms. The molecule has 1 saturated heterocycles. The van der Waals surface area contributed by atoms with Crippen molar-refractivity contribution < 1.29 is 38.6 Å². The van der Waals surface area contributed by atoms with Crippen LogP contribution in [0.3, 0.4) is 0 Å². The van der Waals surface area contributed by atoms with Crippen LogP contribution in [0.2, 0.25) is 0 Å². The number of aliphatic hydroxyl groups excluding tert-OH is 2. The number of azide groups is 1. The third-order valence-corrected chi connectivity index (χ3v) is 6.05. The number of esters is 1. The Balaban J connectivity index is 1.81. The number of aliphatic hydroxyl groups is 2. The van der Waals surface area contributed by atoms with Gasteiger partial charge in [0, 0.05) is 17.2 Å². The summed E-state index contributed by atoms with van der Waals surface area (Å²) in [4.78, 5) is 52.5. The number of rotatable bonds is 10. The zero-order valence-electron chi connectivity index (χ0n) is 20.4. The minimum absolute atomic E-state index is 0.0362. The highest BCUT2D eigenvalue weighted by molar-refractivity contribution is 7.34. The van der Waals surface area contributed by atoms with Gasteiger partial charge in [0.15, 0.2) is 18.0 Å². The smallest absolute Gasteiger partial charge is 0.395 e. The van der Waals surface area contributed by atoms with Gasteiger partial charge in [-0.2, -0.15) is 0 Å². The molecule has 17 heteroatoms. The van der Waals surface area contributed by atoms with E-state index in [9.17, 15) is 29.5 Å². The van der Waals surface area contributed by atoms with Crippen LogP contribution in [0.4, 0.5) is 0 Å². The second kappa shape index (κ2) is 12.2. The molecule has 0 amide bonds. The molecule has 1 fully saturated rings. The second-order valence-corrected chi connectivity index (χ2v) is 9.23. The molecule has 6 atom stereocenters. The number of para-hydroxylation sites is 2. The van der Waals surface area contributed by atoms with Gasteiger partial charge in [0.25, 0.3) is 5.56 Å². The fraction of sp³-hybridized carbons (Fsp3) is 0.476. The van der Waals surface area contributed by atoms with E-state index >= 15 is 0 Å². The van der Waals surface area contributed by atoms with Crippen LogP contribution in [-0.4, -0.2) is 62.4 Å². The summed E-state index contributed by atoms with van der Waals surface area (Å²) in [6, 6.07) is 5.79. The molecule has 38 heavy (non-hydrogen) atoms. The van der Waals surface area contributed by atoms with Crippen LogP contribution in [-0.2, 0) is 14.3 Å². The lowest BCUT2D eigenvalue weighted by Gasteiger charge is -2.26. The van der Waals surface area contributed by atoms with Gasteiger partial charge in [-0.15, -0.1) is 0 Å². The molecule has 1 aromatic carbocycles. The summed E-state index contributed by atoms with van der Waals surface area (Å²) in [6.45, 7) is 4.02. The number of hydrogen-bond acceptors (Lipinski definition) is 12. The summed E-state index contributed by atoms with van der Waals surface area (Å²) in [7, 11) is -2.75. The second-order valence-electron chi connectivity index (χ2n) is 8.34. The highest BCUT2D eigenvalue weighted by atomic mass is 31.1. The van der Waals surface area contributed by atoms with Crippen molar-refractivity contribution in [1.82, 2.24) is 9.55 Å². The van der Waals surface area contributed by atoms with Gasteiger partial charge in [-0.05, 0) is 38.4 Å². The largest absolute Gasteiger partial charge is 0.575 e. The van der Waals surface area contributed by atoms with Crippen molar-refractivity contribution in [3.8, 4) is 11.5 Å². The number of carbonyl (C=O) groups is 1. The van der Waals surface area contributed by atoms with E-state index in [0.29, 0.717) is 0 Å².